The van der Waals surface area contributed by atoms with E-state index in [2.05, 4.69) is 11.0 Å². The van der Waals surface area contributed by atoms with Crippen molar-refractivity contribution in [3.63, 3.8) is 0 Å². The number of rotatable bonds is 5. The second-order valence-corrected chi connectivity index (χ2v) is 7.02. The number of aliphatic hydroxyl groups is 1. The van der Waals surface area contributed by atoms with Gasteiger partial charge in [-0.3, -0.25) is 0 Å². The summed E-state index contributed by atoms with van der Waals surface area (Å²) in [7, 11) is 0. The van der Waals surface area contributed by atoms with Crippen molar-refractivity contribution in [2.45, 2.75) is 58.7 Å². The van der Waals surface area contributed by atoms with Gasteiger partial charge in [-0.05, 0) is 59.7 Å². The second kappa shape index (κ2) is 6.01. The highest BCUT2D eigenvalue weighted by atomic mass is 16.5. The van der Waals surface area contributed by atoms with Crippen LogP contribution in [0.3, 0.4) is 0 Å². The molecule has 1 aliphatic carbocycles. The first-order chi connectivity index (χ1) is 9.43. The van der Waals surface area contributed by atoms with E-state index >= 15 is 0 Å². The lowest BCUT2D eigenvalue weighted by Gasteiger charge is -2.56. The van der Waals surface area contributed by atoms with Crippen molar-refractivity contribution in [2.24, 2.45) is 10.8 Å². The fourth-order valence-electron chi connectivity index (χ4n) is 3.50. The summed E-state index contributed by atoms with van der Waals surface area (Å²) in [5, 5.41) is 19.2. The Balaban J connectivity index is 1.82. The van der Waals surface area contributed by atoms with Gasteiger partial charge in [0.1, 0.15) is 0 Å². The standard InChI is InChI=1S/C16H28N2O2/c1-4-20-14-11-13(19)16(14)6-9-18(10-7-16)8-5-15(2,3)12-17/h13-14,19H,4-11H2,1-3H3. The van der Waals surface area contributed by atoms with Gasteiger partial charge in [-0.2, -0.15) is 5.26 Å². The number of piperidine rings is 1. The van der Waals surface area contributed by atoms with Crippen molar-refractivity contribution < 1.29 is 9.84 Å². The van der Waals surface area contributed by atoms with Gasteiger partial charge < -0.3 is 14.7 Å². The zero-order valence-corrected chi connectivity index (χ0v) is 13.1. The second-order valence-electron chi connectivity index (χ2n) is 7.02. The third-order valence-electron chi connectivity index (χ3n) is 5.25. The fraction of sp³-hybridized carbons (Fsp3) is 0.938. The predicted molar refractivity (Wildman–Crippen MR) is 78.2 cm³/mol. The molecule has 0 radical (unpaired) electrons. The summed E-state index contributed by atoms with van der Waals surface area (Å²) >= 11 is 0. The highest BCUT2D eigenvalue weighted by molar-refractivity contribution is 5.06. The molecule has 2 rings (SSSR count). The van der Waals surface area contributed by atoms with E-state index in [1.165, 1.54) is 0 Å². The molecule has 1 heterocycles. The van der Waals surface area contributed by atoms with Crippen LogP contribution in [0.15, 0.2) is 0 Å². The normalized spacial score (nSPS) is 29.9. The van der Waals surface area contributed by atoms with E-state index in [-0.39, 0.29) is 23.0 Å². The van der Waals surface area contributed by atoms with E-state index in [4.69, 9.17) is 10.00 Å². The number of ether oxygens (including phenoxy) is 1. The minimum absolute atomic E-state index is 0.0112. The van der Waals surface area contributed by atoms with Gasteiger partial charge in [0.2, 0.25) is 0 Å². The number of nitriles is 1. The maximum absolute atomic E-state index is 10.2. The van der Waals surface area contributed by atoms with Crippen molar-refractivity contribution in [1.82, 2.24) is 4.90 Å². The average molecular weight is 280 g/mol. The van der Waals surface area contributed by atoms with Crippen LogP contribution in [0.25, 0.3) is 0 Å². The smallest absolute Gasteiger partial charge is 0.0684 e. The Morgan fingerprint density at radius 3 is 2.55 bits per heavy atom. The molecule has 4 nitrogen and oxygen atoms in total. The molecule has 1 spiro atoms. The van der Waals surface area contributed by atoms with E-state index in [1.54, 1.807) is 0 Å². The van der Waals surface area contributed by atoms with Crippen molar-refractivity contribution in [1.29, 1.82) is 5.26 Å². The van der Waals surface area contributed by atoms with Crippen molar-refractivity contribution >= 4 is 0 Å². The molecule has 1 N–H and O–H groups in total. The van der Waals surface area contributed by atoms with Gasteiger partial charge in [0.25, 0.3) is 0 Å². The first-order valence-electron chi connectivity index (χ1n) is 7.87. The van der Waals surface area contributed by atoms with Crippen LogP contribution in [-0.2, 0) is 4.74 Å². The molecule has 2 atom stereocenters. The Morgan fingerprint density at radius 1 is 1.40 bits per heavy atom. The molecule has 0 aromatic heterocycles. The zero-order valence-electron chi connectivity index (χ0n) is 13.1. The minimum Gasteiger partial charge on any atom is -0.392 e. The molecular formula is C16H28N2O2. The van der Waals surface area contributed by atoms with Crippen LogP contribution >= 0.6 is 0 Å². The van der Waals surface area contributed by atoms with E-state index in [1.807, 2.05) is 20.8 Å². The summed E-state index contributed by atoms with van der Waals surface area (Å²) < 4.78 is 5.79. The average Bonchev–Trinajstić information content (AvgIpc) is 2.46. The van der Waals surface area contributed by atoms with Gasteiger partial charge in [-0.25, -0.2) is 0 Å². The molecule has 20 heavy (non-hydrogen) atoms. The van der Waals surface area contributed by atoms with Crippen LogP contribution in [0, 0.1) is 22.2 Å². The molecule has 2 fully saturated rings. The number of hydrogen-bond donors (Lipinski definition) is 1. The number of nitrogens with zero attached hydrogens (tertiary/aromatic N) is 2. The maximum atomic E-state index is 10.2. The molecule has 0 aromatic carbocycles. The molecule has 114 valence electrons. The Labute approximate surface area is 122 Å². The SMILES string of the molecule is CCOC1CC(O)C12CCN(CCC(C)(C)C#N)CC2. The zero-order chi connectivity index (χ0) is 14.8. The quantitative estimate of drug-likeness (QED) is 0.838. The van der Waals surface area contributed by atoms with E-state index in [9.17, 15) is 5.11 Å². The lowest BCUT2D eigenvalue weighted by Crippen LogP contribution is -2.62. The largest absolute Gasteiger partial charge is 0.392 e. The predicted octanol–water partition coefficient (Wildman–Crippen LogP) is 2.18. The Morgan fingerprint density at radius 2 is 2.05 bits per heavy atom. The first kappa shape index (κ1) is 15.8. The van der Waals surface area contributed by atoms with Crippen molar-refractivity contribution in [3.05, 3.63) is 0 Å². The fourth-order valence-corrected chi connectivity index (χ4v) is 3.50. The van der Waals surface area contributed by atoms with E-state index in [0.29, 0.717) is 0 Å². The van der Waals surface area contributed by atoms with Gasteiger partial charge in [0.05, 0.1) is 23.7 Å². The lowest BCUT2D eigenvalue weighted by molar-refractivity contribution is -0.209. The van der Waals surface area contributed by atoms with Gasteiger partial charge in [-0.1, -0.05) is 0 Å². The van der Waals surface area contributed by atoms with Crippen LogP contribution in [0.1, 0.15) is 46.5 Å². The summed E-state index contributed by atoms with van der Waals surface area (Å²) in [6, 6.07) is 2.36. The molecule has 1 saturated heterocycles. The Bertz CT molecular complexity index is 365. The monoisotopic (exact) mass is 280 g/mol. The van der Waals surface area contributed by atoms with Crippen molar-refractivity contribution in [2.75, 3.05) is 26.2 Å². The maximum Gasteiger partial charge on any atom is 0.0684 e. The van der Waals surface area contributed by atoms with Crippen LogP contribution in [0.4, 0.5) is 0 Å². The van der Waals surface area contributed by atoms with Crippen LogP contribution in [-0.4, -0.2) is 48.5 Å². The molecule has 2 aliphatic rings. The molecule has 1 aliphatic heterocycles. The Hall–Kier alpha value is -0.630. The van der Waals surface area contributed by atoms with Crippen LogP contribution in [0.5, 0.6) is 0 Å². The molecule has 1 saturated carbocycles. The number of hydrogen-bond acceptors (Lipinski definition) is 4. The van der Waals surface area contributed by atoms with Crippen molar-refractivity contribution in [3.8, 4) is 6.07 Å². The summed E-state index contributed by atoms with van der Waals surface area (Å²) in [5.74, 6) is 0. The third-order valence-corrected chi connectivity index (χ3v) is 5.25. The van der Waals surface area contributed by atoms with E-state index in [0.717, 1.165) is 51.9 Å². The van der Waals surface area contributed by atoms with Crippen LogP contribution < -0.4 is 0 Å². The molecule has 4 heteroatoms. The van der Waals surface area contributed by atoms with Gasteiger partial charge in [0, 0.05) is 18.4 Å². The molecule has 0 aromatic rings. The number of aliphatic hydroxyl groups excluding tert-OH is 1. The molecular weight excluding hydrogens is 252 g/mol. The molecule has 0 amide bonds. The third kappa shape index (κ3) is 3.00. The number of likely N-dealkylation sites (tertiary alicyclic amines) is 1. The summed E-state index contributed by atoms with van der Waals surface area (Å²) in [4.78, 5) is 2.43. The summed E-state index contributed by atoms with van der Waals surface area (Å²) in [5.41, 5.74) is -0.226. The summed E-state index contributed by atoms with van der Waals surface area (Å²) in [6.07, 6.45) is 3.82. The van der Waals surface area contributed by atoms with E-state index < -0.39 is 0 Å². The molecule has 2 unspecified atom stereocenters. The van der Waals surface area contributed by atoms with Gasteiger partial charge in [-0.15, -0.1) is 0 Å². The highest BCUT2D eigenvalue weighted by Gasteiger charge is 2.55. The topological polar surface area (TPSA) is 56.5 Å². The summed E-state index contributed by atoms with van der Waals surface area (Å²) in [6.45, 7) is 9.77. The molecule has 0 bridgehead atoms. The van der Waals surface area contributed by atoms with Gasteiger partial charge >= 0.3 is 0 Å². The highest BCUT2D eigenvalue weighted by Crippen LogP contribution is 2.50. The lowest BCUT2D eigenvalue weighted by atomic mass is 9.58. The van der Waals surface area contributed by atoms with Gasteiger partial charge in [0.15, 0.2) is 0 Å². The van der Waals surface area contributed by atoms with Crippen LogP contribution in [0.2, 0.25) is 0 Å². The first-order valence-corrected chi connectivity index (χ1v) is 7.87. The Kier molecular flexibility index (Phi) is 4.73. The minimum atomic E-state index is -0.237.